The van der Waals surface area contributed by atoms with E-state index in [1.165, 1.54) is 52.1 Å². The van der Waals surface area contributed by atoms with E-state index < -0.39 is 0 Å². The third-order valence-electron chi connectivity index (χ3n) is 11.5. The second-order valence-corrected chi connectivity index (χ2v) is 12.7. The molecule has 1 unspecified atom stereocenters. The lowest BCUT2D eigenvalue weighted by Gasteiger charge is -2.65. The molecule has 0 heterocycles. The maximum atomic E-state index is 11.8. The fraction of sp³-hybridized carbons (Fsp3) is 0.964. The summed E-state index contributed by atoms with van der Waals surface area (Å²) < 4.78 is 4.90. The quantitative estimate of drug-likeness (QED) is 0.506. The molecule has 178 valence electrons. The van der Waals surface area contributed by atoms with E-state index in [1.807, 2.05) is 0 Å². The van der Waals surface area contributed by atoms with Crippen LogP contribution in [0.4, 0.5) is 0 Å². The van der Waals surface area contributed by atoms with Gasteiger partial charge in [0.25, 0.3) is 0 Å². The molecule has 3 nitrogen and oxygen atoms in total. The predicted octanol–water partition coefficient (Wildman–Crippen LogP) is 6.48. The van der Waals surface area contributed by atoms with Gasteiger partial charge in [-0.15, -0.1) is 0 Å². The monoisotopic (exact) mass is 432 g/mol. The lowest BCUT2D eigenvalue weighted by molar-refractivity contribution is -0.198. The molecule has 0 amide bonds. The van der Waals surface area contributed by atoms with Gasteiger partial charge in [0, 0.05) is 6.42 Å². The molecule has 4 fully saturated rings. The van der Waals surface area contributed by atoms with Gasteiger partial charge in [0.2, 0.25) is 0 Å². The van der Waals surface area contributed by atoms with Gasteiger partial charge >= 0.3 is 5.97 Å². The minimum absolute atomic E-state index is 0.0748. The van der Waals surface area contributed by atoms with Crippen molar-refractivity contribution in [3.8, 4) is 0 Å². The summed E-state index contributed by atoms with van der Waals surface area (Å²) >= 11 is 0. The van der Waals surface area contributed by atoms with Crippen molar-refractivity contribution in [3.05, 3.63) is 0 Å². The van der Waals surface area contributed by atoms with Crippen molar-refractivity contribution in [1.82, 2.24) is 0 Å². The molecule has 11 atom stereocenters. The number of methoxy groups -OCH3 is 1. The maximum absolute atomic E-state index is 11.8. The van der Waals surface area contributed by atoms with Crippen LogP contribution >= 0.6 is 0 Å². The van der Waals surface area contributed by atoms with Gasteiger partial charge in [-0.3, -0.25) is 4.79 Å². The fourth-order valence-corrected chi connectivity index (χ4v) is 9.80. The van der Waals surface area contributed by atoms with Crippen LogP contribution in [0.2, 0.25) is 0 Å². The van der Waals surface area contributed by atoms with Crippen LogP contribution in [0.3, 0.4) is 0 Å². The largest absolute Gasteiger partial charge is 0.469 e. The first-order valence-corrected chi connectivity index (χ1v) is 13.4. The first-order valence-electron chi connectivity index (χ1n) is 13.4. The Hall–Kier alpha value is -0.570. The highest BCUT2D eigenvalue weighted by Gasteiger charge is 2.64. The first kappa shape index (κ1) is 23.6. The average molecular weight is 433 g/mol. The average Bonchev–Trinajstić information content (AvgIpc) is 3.10. The van der Waals surface area contributed by atoms with Crippen molar-refractivity contribution in [1.29, 1.82) is 0 Å². The molecule has 0 aromatic heterocycles. The molecule has 4 rings (SSSR count). The van der Waals surface area contributed by atoms with Gasteiger partial charge in [-0.2, -0.15) is 0 Å². The number of hydrogen-bond donors (Lipinski definition) is 1. The van der Waals surface area contributed by atoms with Crippen LogP contribution in [0.25, 0.3) is 0 Å². The minimum Gasteiger partial charge on any atom is -0.469 e. The van der Waals surface area contributed by atoms with Crippen LogP contribution < -0.4 is 0 Å². The van der Waals surface area contributed by atoms with E-state index in [2.05, 4.69) is 34.6 Å². The summed E-state index contributed by atoms with van der Waals surface area (Å²) in [4.78, 5) is 11.7. The van der Waals surface area contributed by atoms with Crippen molar-refractivity contribution in [3.63, 3.8) is 0 Å². The van der Waals surface area contributed by atoms with Crippen LogP contribution in [-0.4, -0.2) is 24.3 Å². The molecule has 4 saturated carbocycles. The van der Waals surface area contributed by atoms with Gasteiger partial charge in [-0.05, 0) is 103 Å². The molecule has 4 aliphatic carbocycles. The molecule has 0 bridgehead atoms. The Kier molecular flexibility index (Phi) is 6.58. The minimum atomic E-state index is -0.118. The Labute approximate surface area is 191 Å². The SMILES string of the molecule is CC[C@H]1[C@@H](O)[C@@H]2[C@H](CC[C@]3(C)[C@@H]([C@H](C)CCC(=O)OC)CC[C@@H]23)[C@@]2(C)CCC(C)C[C@@H]12. The molecular weight excluding hydrogens is 384 g/mol. The standard InChI is InChI=1S/C28H48O3/c1-7-19-23-16-17(2)12-14-28(23,5)22-13-15-27(4)20(18(3)8-11-24(29)31-6)9-10-21(27)25(22)26(19)30/h17-23,25-26,30H,7-16H2,1-6H3/t17?,18-,19-,20-,21+,22+,23+,25+,26-,27-,28-/m1/s1. The number of carbonyl (C=O) groups excluding carboxylic acids is 1. The molecule has 3 heteroatoms. The van der Waals surface area contributed by atoms with Crippen LogP contribution in [0.5, 0.6) is 0 Å². The summed E-state index contributed by atoms with van der Waals surface area (Å²) in [7, 11) is 1.50. The Morgan fingerprint density at radius 3 is 2.42 bits per heavy atom. The van der Waals surface area contributed by atoms with Crippen LogP contribution in [0.1, 0.15) is 98.8 Å². The van der Waals surface area contributed by atoms with Crippen molar-refractivity contribution >= 4 is 5.97 Å². The number of esters is 1. The molecule has 0 spiro atoms. The van der Waals surface area contributed by atoms with Crippen LogP contribution in [0, 0.1) is 58.2 Å². The second-order valence-electron chi connectivity index (χ2n) is 12.7. The molecule has 0 aromatic rings. The van der Waals surface area contributed by atoms with Gasteiger partial charge in [0.1, 0.15) is 0 Å². The van der Waals surface area contributed by atoms with Gasteiger partial charge in [0.05, 0.1) is 13.2 Å². The highest BCUT2D eigenvalue weighted by Crippen LogP contribution is 2.69. The van der Waals surface area contributed by atoms with E-state index in [4.69, 9.17) is 4.74 Å². The molecule has 0 aromatic carbocycles. The summed E-state index contributed by atoms with van der Waals surface area (Å²) in [6.45, 7) is 12.3. The van der Waals surface area contributed by atoms with Gasteiger partial charge in [-0.25, -0.2) is 0 Å². The smallest absolute Gasteiger partial charge is 0.305 e. The van der Waals surface area contributed by atoms with Gasteiger partial charge in [0.15, 0.2) is 0 Å². The summed E-state index contributed by atoms with van der Waals surface area (Å²) in [5.41, 5.74) is 0.744. The molecule has 1 N–H and O–H groups in total. The normalized spacial score (nSPS) is 50.2. The number of fused-ring (bicyclic) bond motifs is 5. The number of hydrogen-bond acceptors (Lipinski definition) is 3. The number of aliphatic hydroxyl groups is 1. The number of carbonyl (C=O) groups is 1. The zero-order valence-corrected chi connectivity index (χ0v) is 21.0. The van der Waals surface area contributed by atoms with Crippen molar-refractivity contribution in [2.75, 3.05) is 7.11 Å². The van der Waals surface area contributed by atoms with E-state index >= 15 is 0 Å². The molecule has 31 heavy (non-hydrogen) atoms. The lowest BCUT2D eigenvalue weighted by Crippen LogP contribution is -2.61. The first-order chi connectivity index (χ1) is 14.7. The zero-order chi connectivity index (χ0) is 22.6. The zero-order valence-electron chi connectivity index (χ0n) is 21.0. The molecule has 0 aliphatic heterocycles. The summed E-state index contributed by atoms with van der Waals surface area (Å²) in [6, 6.07) is 0. The molecule has 0 radical (unpaired) electrons. The van der Waals surface area contributed by atoms with Crippen molar-refractivity contribution < 1.29 is 14.6 Å². The van der Waals surface area contributed by atoms with Crippen LogP contribution in [-0.2, 0) is 9.53 Å². The maximum Gasteiger partial charge on any atom is 0.305 e. The van der Waals surface area contributed by atoms with Gasteiger partial charge < -0.3 is 9.84 Å². The third kappa shape index (κ3) is 3.69. The molecule has 4 aliphatic rings. The predicted molar refractivity (Wildman–Crippen MR) is 125 cm³/mol. The Bertz CT molecular complexity index is 661. The van der Waals surface area contributed by atoms with E-state index in [0.29, 0.717) is 58.7 Å². The van der Waals surface area contributed by atoms with E-state index in [0.717, 1.165) is 18.8 Å². The van der Waals surface area contributed by atoms with E-state index in [1.54, 1.807) is 0 Å². The lowest BCUT2D eigenvalue weighted by atomic mass is 9.41. The van der Waals surface area contributed by atoms with Gasteiger partial charge in [-0.1, -0.05) is 47.5 Å². The molecular formula is C28H48O3. The Balaban J connectivity index is 1.58. The van der Waals surface area contributed by atoms with E-state index in [9.17, 15) is 9.90 Å². The third-order valence-corrected chi connectivity index (χ3v) is 11.5. The highest BCUT2D eigenvalue weighted by molar-refractivity contribution is 5.69. The Morgan fingerprint density at radius 2 is 1.74 bits per heavy atom. The summed E-state index contributed by atoms with van der Waals surface area (Å²) in [5, 5.41) is 11.8. The number of ether oxygens (including phenoxy) is 1. The topological polar surface area (TPSA) is 46.5 Å². The fourth-order valence-electron chi connectivity index (χ4n) is 9.80. The number of rotatable bonds is 5. The van der Waals surface area contributed by atoms with Crippen molar-refractivity contribution in [2.24, 2.45) is 58.2 Å². The molecule has 0 saturated heterocycles. The highest BCUT2D eigenvalue weighted by atomic mass is 16.5. The number of aliphatic hydroxyl groups excluding tert-OH is 1. The Morgan fingerprint density at radius 1 is 1.06 bits per heavy atom. The van der Waals surface area contributed by atoms with E-state index in [-0.39, 0.29) is 12.1 Å². The van der Waals surface area contributed by atoms with Crippen LogP contribution in [0.15, 0.2) is 0 Å². The summed E-state index contributed by atoms with van der Waals surface area (Å²) in [5.74, 6) is 4.98. The van der Waals surface area contributed by atoms with Crippen molar-refractivity contribution in [2.45, 2.75) is 105 Å². The summed E-state index contributed by atoms with van der Waals surface area (Å²) in [6.07, 6.45) is 11.7. The second kappa shape index (κ2) is 8.65.